The second kappa shape index (κ2) is 6.94. The Morgan fingerprint density at radius 2 is 2.15 bits per heavy atom. The number of carbonyl (C=O) groups is 2. The number of rotatable bonds is 3. The lowest BCUT2D eigenvalue weighted by molar-refractivity contribution is -0.136. The zero-order valence-electron chi connectivity index (χ0n) is 15.5. The monoisotopic (exact) mass is 366 g/mol. The van der Waals surface area contributed by atoms with Crippen LogP contribution in [0.2, 0.25) is 0 Å². The molecule has 8 nitrogen and oxygen atoms in total. The first-order valence-electron chi connectivity index (χ1n) is 9.07. The molecule has 140 valence electrons. The Balaban J connectivity index is 1.66. The molecule has 1 N–H and O–H groups in total. The fraction of sp³-hybridized carbons (Fsp3) is 0.421. The van der Waals surface area contributed by atoms with Gasteiger partial charge in [-0.15, -0.1) is 0 Å². The lowest BCUT2D eigenvalue weighted by Gasteiger charge is -2.32. The van der Waals surface area contributed by atoms with E-state index in [-0.39, 0.29) is 24.2 Å². The third-order valence-corrected chi connectivity index (χ3v) is 5.00. The van der Waals surface area contributed by atoms with E-state index in [4.69, 9.17) is 9.97 Å². The maximum absolute atomic E-state index is 12.8. The Morgan fingerprint density at radius 3 is 2.81 bits per heavy atom. The van der Waals surface area contributed by atoms with Crippen molar-refractivity contribution in [2.75, 3.05) is 32.1 Å². The van der Waals surface area contributed by atoms with Crippen LogP contribution in [0.15, 0.2) is 24.4 Å². The van der Waals surface area contributed by atoms with Crippen LogP contribution in [0.5, 0.6) is 0 Å². The number of nitrogens with one attached hydrogen (secondary N) is 1. The highest BCUT2D eigenvalue weighted by atomic mass is 16.2. The standard InChI is InChI=1S/C19H22N6O2/c1-24(2)18-13-6-8-25(19(27)12-9-16(26)21-10-12)11-15(13)22-17(23-18)14-5-3-4-7-20-14/h3-5,7,12H,6,8-11H2,1-2H3,(H,21,26). The largest absolute Gasteiger partial charge is 0.362 e. The minimum atomic E-state index is -0.274. The van der Waals surface area contributed by atoms with Crippen molar-refractivity contribution in [1.29, 1.82) is 0 Å². The Labute approximate surface area is 157 Å². The Hall–Kier alpha value is -3.03. The lowest BCUT2D eigenvalue weighted by Crippen LogP contribution is -2.41. The summed E-state index contributed by atoms with van der Waals surface area (Å²) in [5.41, 5.74) is 2.63. The molecule has 2 amide bonds. The molecule has 2 aromatic heterocycles. The molecule has 1 saturated heterocycles. The van der Waals surface area contributed by atoms with E-state index >= 15 is 0 Å². The molecule has 0 aliphatic carbocycles. The van der Waals surface area contributed by atoms with Gasteiger partial charge in [-0.25, -0.2) is 9.97 Å². The summed E-state index contributed by atoms with van der Waals surface area (Å²) < 4.78 is 0. The summed E-state index contributed by atoms with van der Waals surface area (Å²) in [6.45, 7) is 1.47. The van der Waals surface area contributed by atoms with Crippen molar-refractivity contribution in [3.63, 3.8) is 0 Å². The molecule has 2 aliphatic heterocycles. The summed E-state index contributed by atoms with van der Waals surface area (Å²) in [6, 6.07) is 5.63. The smallest absolute Gasteiger partial charge is 0.228 e. The zero-order valence-corrected chi connectivity index (χ0v) is 15.5. The summed E-state index contributed by atoms with van der Waals surface area (Å²) in [4.78, 5) is 41.8. The fourth-order valence-electron chi connectivity index (χ4n) is 3.62. The van der Waals surface area contributed by atoms with Gasteiger partial charge in [-0.1, -0.05) is 6.07 Å². The quantitative estimate of drug-likeness (QED) is 0.857. The van der Waals surface area contributed by atoms with Crippen LogP contribution in [0, 0.1) is 5.92 Å². The van der Waals surface area contributed by atoms with Gasteiger partial charge < -0.3 is 15.1 Å². The van der Waals surface area contributed by atoms with Crippen LogP contribution in [-0.4, -0.2) is 58.9 Å². The van der Waals surface area contributed by atoms with E-state index < -0.39 is 0 Å². The molecule has 1 fully saturated rings. The van der Waals surface area contributed by atoms with Gasteiger partial charge in [0.1, 0.15) is 11.5 Å². The lowest BCUT2D eigenvalue weighted by atomic mass is 10.0. The maximum Gasteiger partial charge on any atom is 0.228 e. The number of carbonyl (C=O) groups excluding carboxylic acids is 2. The average Bonchev–Trinajstić information content (AvgIpc) is 3.13. The molecule has 1 atom stereocenters. The maximum atomic E-state index is 12.8. The molecule has 8 heteroatoms. The second-order valence-corrected chi connectivity index (χ2v) is 7.12. The number of hydrogen-bond acceptors (Lipinski definition) is 6. The van der Waals surface area contributed by atoms with Crippen LogP contribution in [0.1, 0.15) is 17.7 Å². The Kier molecular flexibility index (Phi) is 4.47. The van der Waals surface area contributed by atoms with E-state index in [9.17, 15) is 9.59 Å². The summed E-state index contributed by atoms with van der Waals surface area (Å²) in [7, 11) is 3.91. The summed E-state index contributed by atoms with van der Waals surface area (Å²) in [6.07, 6.45) is 2.69. The van der Waals surface area contributed by atoms with E-state index in [0.717, 1.165) is 17.1 Å². The first kappa shape index (κ1) is 17.4. The highest BCUT2D eigenvalue weighted by molar-refractivity contribution is 5.89. The minimum absolute atomic E-state index is 0.0170. The topological polar surface area (TPSA) is 91.3 Å². The van der Waals surface area contributed by atoms with E-state index in [1.165, 1.54) is 0 Å². The number of nitrogens with zero attached hydrogens (tertiary/aromatic N) is 5. The van der Waals surface area contributed by atoms with E-state index in [2.05, 4.69) is 10.3 Å². The van der Waals surface area contributed by atoms with Gasteiger partial charge in [0.25, 0.3) is 0 Å². The van der Waals surface area contributed by atoms with Crippen molar-refractivity contribution in [3.8, 4) is 11.5 Å². The van der Waals surface area contributed by atoms with Crippen molar-refractivity contribution in [2.24, 2.45) is 5.92 Å². The molecule has 1 unspecified atom stereocenters. The second-order valence-electron chi connectivity index (χ2n) is 7.12. The van der Waals surface area contributed by atoms with E-state index in [0.29, 0.717) is 37.6 Å². The van der Waals surface area contributed by atoms with Crippen LogP contribution in [0.25, 0.3) is 11.5 Å². The van der Waals surface area contributed by atoms with Gasteiger partial charge in [0.15, 0.2) is 5.82 Å². The van der Waals surface area contributed by atoms with E-state index in [1.54, 1.807) is 6.20 Å². The SMILES string of the molecule is CN(C)c1nc(-c2ccccn2)nc2c1CCN(C(=O)C1CNC(=O)C1)C2. The molecule has 0 radical (unpaired) electrons. The van der Waals surface area contributed by atoms with Crippen molar-refractivity contribution in [3.05, 3.63) is 35.7 Å². The highest BCUT2D eigenvalue weighted by Crippen LogP contribution is 2.29. The molecule has 0 aromatic carbocycles. The fourth-order valence-corrected chi connectivity index (χ4v) is 3.62. The molecule has 0 bridgehead atoms. The molecule has 2 aliphatic rings. The number of amides is 2. The number of aromatic nitrogens is 3. The molecule has 0 saturated carbocycles. The third-order valence-electron chi connectivity index (χ3n) is 5.00. The van der Waals surface area contributed by atoms with Gasteiger partial charge in [0.05, 0.1) is 18.2 Å². The zero-order chi connectivity index (χ0) is 19.0. The first-order valence-corrected chi connectivity index (χ1v) is 9.07. The summed E-state index contributed by atoms with van der Waals surface area (Å²) in [5, 5.41) is 2.74. The molecule has 2 aromatic rings. The molecule has 4 rings (SSSR count). The predicted molar refractivity (Wildman–Crippen MR) is 99.8 cm³/mol. The van der Waals surface area contributed by atoms with Crippen LogP contribution in [0.3, 0.4) is 0 Å². The van der Waals surface area contributed by atoms with Gasteiger partial charge in [-0.3, -0.25) is 14.6 Å². The summed E-state index contributed by atoms with van der Waals surface area (Å²) in [5.74, 6) is 1.11. The highest BCUT2D eigenvalue weighted by Gasteiger charge is 2.34. The Morgan fingerprint density at radius 1 is 1.30 bits per heavy atom. The number of fused-ring (bicyclic) bond motifs is 1. The van der Waals surface area contributed by atoms with Crippen LogP contribution < -0.4 is 10.2 Å². The third kappa shape index (κ3) is 3.34. The van der Waals surface area contributed by atoms with Crippen molar-refractivity contribution in [1.82, 2.24) is 25.2 Å². The van der Waals surface area contributed by atoms with Gasteiger partial charge in [-0.05, 0) is 18.6 Å². The van der Waals surface area contributed by atoms with E-state index in [1.807, 2.05) is 42.1 Å². The average molecular weight is 366 g/mol. The van der Waals surface area contributed by atoms with Gasteiger partial charge >= 0.3 is 0 Å². The van der Waals surface area contributed by atoms with Crippen molar-refractivity contribution >= 4 is 17.6 Å². The number of anilines is 1. The number of hydrogen-bond donors (Lipinski definition) is 1. The van der Waals surface area contributed by atoms with Gasteiger partial charge in [0, 0.05) is 45.4 Å². The molecule has 4 heterocycles. The molecular weight excluding hydrogens is 344 g/mol. The molecule has 27 heavy (non-hydrogen) atoms. The van der Waals surface area contributed by atoms with Crippen molar-refractivity contribution < 1.29 is 9.59 Å². The summed E-state index contributed by atoms with van der Waals surface area (Å²) >= 11 is 0. The number of pyridine rings is 1. The van der Waals surface area contributed by atoms with Gasteiger partial charge in [0.2, 0.25) is 11.8 Å². The minimum Gasteiger partial charge on any atom is -0.362 e. The normalized spacial score (nSPS) is 18.8. The van der Waals surface area contributed by atoms with Crippen molar-refractivity contribution in [2.45, 2.75) is 19.4 Å². The molecular formula is C19H22N6O2. The van der Waals surface area contributed by atoms with Gasteiger partial charge in [-0.2, -0.15) is 0 Å². The molecule has 0 spiro atoms. The Bertz CT molecular complexity index is 883. The first-order chi connectivity index (χ1) is 13.0. The predicted octanol–water partition coefficient (Wildman–Crippen LogP) is 0.625. The van der Waals surface area contributed by atoms with Crippen LogP contribution >= 0.6 is 0 Å². The van der Waals surface area contributed by atoms with Crippen LogP contribution in [0.4, 0.5) is 5.82 Å². The van der Waals surface area contributed by atoms with Crippen LogP contribution in [-0.2, 0) is 22.6 Å².